The maximum Gasteiger partial charge on any atom is 0.306 e. The number of morpholine rings is 1. The molecule has 140 valence electrons. The topological polar surface area (TPSA) is 66.8 Å². The number of rotatable bonds is 7. The lowest BCUT2D eigenvalue weighted by atomic mass is 9.86. The lowest BCUT2D eigenvalue weighted by Gasteiger charge is -2.51. The average molecular weight is 357 g/mol. The molecule has 26 heavy (non-hydrogen) atoms. The first-order chi connectivity index (χ1) is 12.2. The van der Waals surface area contributed by atoms with Crippen molar-refractivity contribution in [1.82, 2.24) is 4.90 Å². The molecule has 1 aromatic rings. The summed E-state index contributed by atoms with van der Waals surface area (Å²) < 4.78 is 6.16. The van der Waals surface area contributed by atoms with Gasteiger partial charge in [0.05, 0.1) is 12.5 Å². The Morgan fingerprint density at radius 2 is 2.04 bits per heavy atom. The molecule has 5 heteroatoms. The van der Waals surface area contributed by atoms with Crippen molar-refractivity contribution >= 4 is 11.9 Å². The van der Waals surface area contributed by atoms with Crippen LogP contribution in [0.5, 0.6) is 0 Å². The van der Waals surface area contributed by atoms with Crippen molar-refractivity contribution in [2.24, 2.45) is 0 Å². The summed E-state index contributed by atoms with van der Waals surface area (Å²) in [6.07, 6.45) is 1.46. The van der Waals surface area contributed by atoms with Crippen LogP contribution in [0.1, 0.15) is 45.3 Å². The molecule has 1 saturated heterocycles. The zero-order chi connectivity index (χ0) is 19.5. The van der Waals surface area contributed by atoms with E-state index in [0.29, 0.717) is 5.57 Å². The zero-order valence-corrected chi connectivity index (χ0v) is 15.6. The minimum atomic E-state index is -1.44. The van der Waals surface area contributed by atoms with Crippen molar-refractivity contribution in [3.8, 4) is 0 Å². The zero-order valence-electron chi connectivity index (χ0n) is 15.6. The van der Waals surface area contributed by atoms with Gasteiger partial charge in [-0.15, -0.1) is 0 Å². The number of hydrogen-bond donors (Lipinski definition) is 1. The third-order valence-corrected chi connectivity index (χ3v) is 4.98. The van der Waals surface area contributed by atoms with Crippen molar-refractivity contribution < 1.29 is 19.4 Å². The molecule has 0 radical (unpaired) electrons. The number of hydrogen-bond acceptors (Lipinski definition) is 3. The highest BCUT2D eigenvalue weighted by Gasteiger charge is 2.52. The Morgan fingerprint density at radius 3 is 2.54 bits per heavy atom. The number of carboxylic acids is 1. The van der Waals surface area contributed by atoms with Crippen LogP contribution in [0, 0.1) is 0 Å². The van der Waals surface area contributed by atoms with E-state index in [0.717, 1.165) is 12.0 Å². The minimum Gasteiger partial charge on any atom is -0.481 e. The van der Waals surface area contributed by atoms with Gasteiger partial charge in [-0.1, -0.05) is 56.5 Å². The Labute approximate surface area is 155 Å². The third-order valence-electron chi connectivity index (χ3n) is 4.98. The maximum atomic E-state index is 13.3. The van der Waals surface area contributed by atoms with Crippen molar-refractivity contribution in [3.05, 3.63) is 60.7 Å². The number of nitrogens with zero attached hydrogens (tertiary/aromatic N) is 1. The molecule has 1 fully saturated rings. The van der Waals surface area contributed by atoms with Crippen LogP contribution in [-0.4, -0.2) is 39.6 Å². The Bertz CT molecular complexity index is 699. The van der Waals surface area contributed by atoms with Crippen LogP contribution >= 0.6 is 0 Å². The molecule has 0 aromatic heterocycles. The van der Waals surface area contributed by atoms with E-state index in [1.165, 1.54) is 0 Å². The fourth-order valence-corrected chi connectivity index (χ4v) is 3.40. The Balaban J connectivity index is 2.61. The number of ether oxygens (including phenoxy) is 1. The summed E-state index contributed by atoms with van der Waals surface area (Å²) >= 11 is 0. The predicted molar refractivity (Wildman–Crippen MR) is 101 cm³/mol. The van der Waals surface area contributed by atoms with Gasteiger partial charge < -0.3 is 14.7 Å². The van der Waals surface area contributed by atoms with Crippen LogP contribution in [0.3, 0.4) is 0 Å². The van der Waals surface area contributed by atoms with E-state index < -0.39 is 30.1 Å². The fraction of sp³-hybridized carbons (Fsp3) is 0.429. The van der Waals surface area contributed by atoms with E-state index in [2.05, 4.69) is 13.2 Å². The van der Waals surface area contributed by atoms with Gasteiger partial charge in [-0.05, 0) is 31.4 Å². The average Bonchev–Trinajstić information content (AvgIpc) is 2.62. The van der Waals surface area contributed by atoms with Gasteiger partial charge in [0.15, 0.2) is 5.60 Å². The summed E-state index contributed by atoms with van der Waals surface area (Å²) in [6.45, 7) is 13.4. The van der Waals surface area contributed by atoms with Gasteiger partial charge in [0.25, 0.3) is 5.91 Å². The molecule has 5 nitrogen and oxygen atoms in total. The second-order valence-corrected chi connectivity index (χ2v) is 6.94. The van der Waals surface area contributed by atoms with Crippen molar-refractivity contribution in [3.63, 3.8) is 0 Å². The number of carbonyl (C=O) groups is 2. The first-order valence-electron chi connectivity index (χ1n) is 8.83. The molecule has 1 aliphatic rings. The van der Waals surface area contributed by atoms with E-state index in [1.54, 1.807) is 17.9 Å². The minimum absolute atomic E-state index is 0.0903. The molecular formula is C21H27NO4. The molecule has 1 heterocycles. The van der Waals surface area contributed by atoms with E-state index in [4.69, 9.17) is 4.74 Å². The number of carbonyl (C=O) groups excluding carboxylic acids is 1. The fourth-order valence-electron chi connectivity index (χ4n) is 3.40. The molecule has 4 atom stereocenters. The van der Waals surface area contributed by atoms with Gasteiger partial charge in [-0.3, -0.25) is 9.59 Å². The molecule has 0 bridgehead atoms. The number of benzene rings is 1. The van der Waals surface area contributed by atoms with Gasteiger partial charge in [-0.25, -0.2) is 0 Å². The van der Waals surface area contributed by atoms with Crippen LogP contribution in [0.2, 0.25) is 0 Å². The quantitative estimate of drug-likeness (QED) is 0.755. The Kier molecular flexibility index (Phi) is 6.03. The molecule has 1 aromatic carbocycles. The van der Waals surface area contributed by atoms with E-state index in [1.807, 2.05) is 44.2 Å². The van der Waals surface area contributed by atoms with Gasteiger partial charge in [0.2, 0.25) is 0 Å². The van der Waals surface area contributed by atoms with E-state index >= 15 is 0 Å². The lowest BCUT2D eigenvalue weighted by Crippen LogP contribution is -2.63. The van der Waals surface area contributed by atoms with Gasteiger partial charge in [-0.2, -0.15) is 0 Å². The largest absolute Gasteiger partial charge is 0.481 e. The predicted octanol–water partition coefficient (Wildman–Crippen LogP) is 3.73. The molecule has 1 aliphatic heterocycles. The lowest BCUT2D eigenvalue weighted by molar-refractivity contribution is -0.201. The molecule has 0 aliphatic carbocycles. The number of aliphatic carboxylic acids is 1. The highest BCUT2D eigenvalue weighted by molar-refractivity contribution is 5.90. The molecule has 2 rings (SSSR count). The number of amides is 1. The summed E-state index contributed by atoms with van der Waals surface area (Å²) in [4.78, 5) is 26.4. The molecule has 1 amide bonds. The smallest absolute Gasteiger partial charge is 0.306 e. The molecule has 0 saturated carbocycles. The first kappa shape index (κ1) is 19.9. The molecule has 1 N–H and O–H groups in total. The van der Waals surface area contributed by atoms with Gasteiger partial charge in [0.1, 0.15) is 6.10 Å². The van der Waals surface area contributed by atoms with Crippen LogP contribution in [-0.2, 0) is 14.3 Å². The van der Waals surface area contributed by atoms with Gasteiger partial charge >= 0.3 is 5.97 Å². The monoisotopic (exact) mass is 357 g/mol. The normalized spacial score (nSPS) is 27.0. The van der Waals surface area contributed by atoms with E-state index in [9.17, 15) is 14.7 Å². The van der Waals surface area contributed by atoms with Crippen molar-refractivity contribution in [2.45, 2.75) is 57.4 Å². The van der Waals surface area contributed by atoms with Crippen LogP contribution in [0.4, 0.5) is 0 Å². The summed E-state index contributed by atoms with van der Waals surface area (Å²) in [5, 5.41) is 9.32. The molecule has 4 unspecified atom stereocenters. The Morgan fingerprint density at radius 1 is 1.42 bits per heavy atom. The third kappa shape index (κ3) is 3.73. The summed E-state index contributed by atoms with van der Waals surface area (Å²) in [5.41, 5.74) is 0.107. The van der Waals surface area contributed by atoms with E-state index in [-0.39, 0.29) is 11.9 Å². The van der Waals surface area contributed by atoms with Crippen LogP contribution < -0.4 is 0 Å². The first-order valence-corrected chi connectivity index (χ1v) is 8.83. The van der Waals surface area contributed by atoms with Crippen molar-refractivity contribution in [2.75, 3.05) is 0 Å². The summed E-state index contributed by atoms with van der Waals surface area (Å²) in [7, 11) is 0. The Hall–Kier alpha value is -2.40. The highest BCUT2D eigenvalue weighted by Crippen LogP contribution is 2.42. The summed E-state index contributed by atoms with van der Waals surface area (Å²) in [5.74, 6) is -1.40. The standard InChI is InChI=1S/C21H27NO4/c1-6-14(3)18-19(16-11-9-8-10-12-16)26-21(5,13-17(23)24)20(25)22(18)15(4)7-2/h6,8-12,15,18-19H,1,3,7,13H2,2,4-5H3,(H,23,24). The van der Waals surface area contributed by atoms with Gasteiger partial charge in [0, 0.05) is 6.04 Å². The van der Waals surface area contributed by atoms with Crippen LogP contribution in [0.25, 0.3) is 0 Å². The van der Waals surface area contributed by atoms with Crippen molar-refractivity contribution in [1.29, 1.82) is 0 Å². The maximum absolute atomic E-state index is 13.3. The molecular weight excluding hydrogens is 330 g/mol. The SMILES string of the molecule is C=CC(=C)C1C(c2ccccc2)OC(C)(CC(=O)O)C(=O)N1C(C)CC. The second-order valence-electron chi connectivity index (χ2n) is 6.94. The highest BCUT2D eigenvalue weighted by atomic mass is 16.5. The van der Waals surface area contributed by atoms with Crippen LogP contribution in [0.15, 0.2) is 55.1 Å². The molecule has 0 spiro atoms. The second kappa shape index (κ2) is 7.87. The number of carboxylic acid groups (broad SMARTS) is 1. The summed E-state index contributed by atoms with van der Waals surface area (Å²) in [6, 6.07) is 9.00.